The van der Waals surface area contributed by atoms with Crippen molar-refractivity contribution in [1.82, 2.24) is 4.31 Å². The van der Waals surface area contributed by atoms with Gasteiger partial charge in [-0.15, -0.1) is 0 Å². The van der Waals surface area contributed by atoms with Crippen molar-refractivity contribution in [3.05, 3.63) is 102 Å². The van der Waals surface area contributed by atoms with Gasteiger partial charge >= 0.3 is 10.3 Å². The standard InChI is InChI=1S/C25H18N2O5S/c28-23-15-25(14-21-18-10-4-7-13-22(18)32-33(30,31)27(21)23)19-11-5-6-12-20(19)26(24(25)29)16-17-8-2-1-3-9-17/h1-14H,15-16H2/t25-/m1/s1. The third-order valence-electron chi connectivity index (χ3n) is 6.33. The summed E-state index contributed by atoms with van der Waals surface area (Å²) in [5, 5.41) is 0. The Hall–Kier alpha value is -3.91. The highest BCUT2D eigenvalue weighted by atomic mass is 32.2. The second kappa shape index (κ2) is 6.79. The van der Waals surface area contributed by atoms with Crippen molar-refractivity contribution in [2.75, 3.05) is 4.90 Å². The van der Waals surface area contributed by atoms with E-state index in [0.29, 0.717) is 27.7 Å². The number of para-hydroxylation sites is 2. The van der Waals surface area contributed by atoms with Crippen LogP contribution >= 0.6 is 0 Å². The average Bonchev–Trinajstić information content (AvgIpc) is 3.01. The third kappa shape index (κ3) is 2.77. The summed E-state index contributed by atoms with van der Waals surface area (Å²) in [7, 11) is -4.36. The minimum absolute atomic E-state index is 0.129. The van der Waals surface area contributed by atoms with Crippen LogP contribution in [0.5, 0.6) is 5.75 Å². The molecule has 6 rings (SSSR count). The van der Waals surface area contributed by atoms with Crippen molar-refractivity contribution >= 4 is 33.5 Å². The Balaban J connectivity index is 1.56. The summed E-state index contributed by atoms with van der Waals surface area (Å²) in [6.07, 6.45) is 1.32. The van der Waals surface area contributed by atoms with Gasteiger partial charge in [0.1, 0.15) is 5.41 Å². The fourth-order valence-corrected chi connectivity index (χ4v) is 6.06. The fourth-order valence-electron chi connectivity index (χ4n) is 4.91. The molecule has 0 aromatic heterocycles. The lowest BCUT2D eigenvalue weighted by Gasteiger charge is -2.38. The van der Waals surface area contributed by atoms with Crippen LogP contribution in [-0.2, 0) is 31.9 Å². The lowest BCUT2D eigenvalue weighted by Crippen LogP contribution is -2.51. The molecular weight excluding hydrogens is 440 g/mol. The summed E-state index contributed by atoms with van der Waals surface area (Å²) in [5.41, 5.74) is 1.66. The molecule has 3 heterocycles. The first-order valence-corrected chi connectivity index (χ1v) is 11.8. The molecule has 0 saturated carbocycles. The molecule has 33 heavy (non-hydrogen) atoms. The molecule has 0 N–H and O–H groups in total. The van der Waals surface area contributed by atoms with Crippen molar-refractivity contribution in [3.63, 3.8) is 0 Å². The topological polar surface area (TPSA) is 84.0 Å². The Bertz CT molecular complexity index is 1460. The van der Waals surface area contributed by atoms with Crippen molar-refractivity contribution in [2.45, 2.75) is 18.4 Å². The van der Waals surface area contributed by atoms with Crippen LogP contribution in [0.4, 0.5) is 5.69 Å². The van der Waals surface area contributed by atoms with E-state index in [0.717, 1.165) is 5.56 Å². The number of carbonyl (C=O) groups is 2. The first-order chi connectivity index (χ1) is 15.9. The molecule has 7 nitrogen and oxygen atoms in total. The molecule has 3 aromatic rings. The second-order valence-corrected chi connectivity index (χ2v) is 9.65. The van der Waals surface area contributed by atoms with Gasteiger partial charge in [-0.05, 0) is 35.4 Å². The van der Waals surface area contributed by atoms with Crippen LogP contribution in [0.25, 0.3) is 5.70 Å². The molecule has 3 aromatic carbocycles. The second-order valence-electron chi connectivity index (χ2n) is 8.27. The number of rotatable bonds is 2. The Morgan fingerprint density at radius 2 is 1.58 bits per heavy atom. The molecule has 0 radical (unpaired) electrons. The largest absolute Gasteiger partial charge is 0.416 e. The molecule has 3 aliphatic heterocycles. The maximum atomic E-state index is 14.0. The number of hydrogen-bond donors (Lipinski definition) is 0. The molecular formula is C25H18N2O5S. The Morgan fingerprint density at radius 3 is 2.39 bits per heavy atom. The Labute approximate surface area is 190 Å². The molecule has 0 unspecified atom stereocenters. The lowest BCUT2D eigenvalue weighted by atomic mass is 9.75. The molecule has 2 amide bonds. The minimum Gasteiger partial charge on any atom is -0.366 e. The summed E-state index contributed by atoms with van der Waals surface area (Å²) < 4.78 is 31.4. The first-order valence-electron chi connectivity index (χ1n) is 10.5. The minimum atomic E-state index is -4.36. The van der Waals surface area contributed by atoms with Crippen LogP contribution in [0.1, 0.15) is 23.1 Å². The number of nitrogens with zero attached hydrogens (tertiary/aromatic N) is 2. The molecule has 8 heteroatoms. The van der Waals surface area contributed by atoms with Gasteiger partial charge in [-0.25, -0.2) is 0 Å². The number of fused-ring (bicyclic) bond motifs is 5. The van der Waals surface area contributed by atoms with E-state index in [1.54, 1.807) is 29.2 Å². The van der Waals surface area contributed by atoms with Crippen molar-refractivity contribution in [2.24, 2.45) is 0 Å². The average molecular weight is 458 g/mol. The quantitative estimate of drug-likeness (QED) is 0.588. The van der Waals surface area contributed by atoms with E-state index in [4.69, 9.17) is 4.18 Å². The van der Waals surface area contributed by atoms with E-state index >= 15 is 0 Å². The summed E-state index contributed by atoms with van der Waals surface area (Å²) in [4.78, 5) is 28.9. The van der Waals surface area contributed by atoms with Gasteiger partial charge in [0.2, 0.25) is 11.8 Å². The van der Waals surface area contributed by atoms with Crippen LogP contribution < -0.4 is 9.08 Å². The first kappa shape index (κ1) is 19.8. The predicted octanol–water partition coefficient (Wildman–Crippen LogP) is 3.38. The van der Waals surface area contributed by atoms with Gasteiger partial charge in [0.15, 0.2) is 5.75 Å². The summed E-state index contributed by atoms with van der Waals surface area (Å²) in [6, 6.07) is 23.6. The molecule has 1 spiro atoms. The summed E-state index contributed by atoms with van der Waals surface area (Å²) >= 11 is 0. The van der Waals surface area contributed by atoms with Gasteiger partial charge in [-0.2, -0.15) is 12.7 Å². The normalized spacial score (nSPS) is 22.4. The van der Waals surface area contributed by atoms with Gasteiger partial charge in [0, 0.05) is 11.3 Å². The van der Waals surface area contributed by atoms with Gasteiger partial charge in [0.25, 0.3) is 0 Å². The van der Waals surface area contributed by atoms with Crippen LogP contribution in [0.3, 0.4) is 0 Å². The number of anilines is 1. The van der Waals surface area contributed by atoms with E-state index in [1.807, 2.05) is 54.6 Å². The van der Waals surface area contributed by atoms with Crippen molar-refractivity contribution in [1.29, 1.82) is 0 Å². The molecule has 0 saturated heterocycles. The van der Waals surface area contributed by atoms with Crippen molar-refractivity contribution < 1.29 is 22.2 Å². The van der Waals surface area contributed by atoms with E-state index < -0.39 is 21.6 Å². The zero-order valence-corrected chi connectivity index (χ0v) is 18.2. The highest BCUT2D eigenvalue weighted by Crippen LogP contribution is 2.52. The lowest BCUT2D eigenvalue weighted by molar-refractivity contribution is -0.131. The maximum absolute atomic E-state index is 14.0. The number of carbonyl (C=O) groups excluding carboxylic acids is 2. The Kier molecular flexibility index (Phi) is 4.07. The molecule has 0 fully saturated rings. The van der Waals surface area contributed by atoms with Crippen LogP contribution in [0, 0.1) is 0 Å². The molecule has 164 valence electrons. The monoisotopic (exact) mass is 458 g/mol. The van der Waals surface area contributed by atoms with Crippen LogP contribution in [0.2, 0.25) is 0 Å². The number of amides is 2. The Morgan fingerprint density at radius 1 is 0.879 bits per heavy atom. The fraction of sp³-hybridized carbons (Fsp3) is 0.120. The smallest absolute Gasteiger partial charge is 0.366 e. The summed E-state index contributed by atoms with van der Waals surface area (Å²) in [6.45, 7) is 0.345. The third-order valence-corrected chi connectivity index (χ3v) is 7.56. The zero-order valence-electron chi connectivity index (χ0n) is 17.3. The van der Waals surface area contributed by atoms with Gasteiger partial charge in [-0.1, -0.05) is 60.7 Å². The van der Waals surface area contributed by atoms with Crippen LogP contribution in [-0.4, -0.2) is 24.5 Å². The zero-order chi connectivity index (χ0) is 22.8. The van der Waals surface area contributed by atoms with E-state index in [1.165, 1.54) is 6.07 Å². The van der Waals surface area contributed by atoms with Gasteiger partial charge in [-0.3, -0.25) is 9.59 Å². The highest BCUT2D eigenvalue weighted by Gasteiger charge is 2.56. The van der Waals surface area contributed by atoms with Gasteiger partial charge < -0.3 is 9.08 Å². The maximum Gasteiger partial charge on any atom is 0.416 e. The SMILES string of the molecule is O=C1C[C@@]2(C=C3c4ccccc4OS(=O)(=O)N13)C(=O)N(Cc1ccccc1)c1ccccc12. The van der Waals surface area contributed by atoms with Crippen molar-refractivity contribution in [3.8, 4) is 5.75 Å². The molecule has 1 atom stereocenters. The highest BCUT2D eigenvalue weighted by molar-refractivity contribution is 7.85. The molecule has 0 aliphatic carbocycles. The van der Waals surface area contributed by atoms with E-state index in [9.17, 15) is 18.0 Å². The number of hydrogen-bond acceptors (Lipinski definition) is 5. The number of benzene rings is 3. The molecule has 3 aliphatic rings. The van der Waals surface area contributed by atoms with Gasteiger partial charge in [0.05, 0.1) is 18.7 Å². The molecule has 0 bridgehead atoms. The van der Waals surface area contributed by atoms with Crippen LogP contribution in [0.15, 0.2) is 84.9 Å². The summed E-state index contributed by atoms with van der Waals surface area (Å²) in [5.74, 6) is -0.828. The van der Waals surface area contributed by atoms with E-state index in [-0.39, 0.29) is 23.8 Å². The van der Waals surface area contributed by atoms with E-state index in [2.05, 4.69) is 0 Å². The predicted molar refractivity (Wildman–Crippen MR) is 121 cm³/mol.